The molecule has 3 heteroatoms. The summed E-state index contributed by atoms with van der Waals surface area (Å²) in [4.78, 5) is 0. The fraction of sp³-hybridized carbons (Fsp3) is 0.571. The average Bonchev–Trinajstić information content (AvgIpc) is 2.33. The van der Waals surface area contributed by atoms with Gasteiger partial charge >= 0.3 is 0 Å². The molecule has 1 atom stereocenters. The molecule has 0 bridgehead atoms. The van der Waals surface area contributed by atoms with E-state index in [-0.39, 0.29) is 17.6 Å². The van der Waals surface area contributed by atoms with E-state index < -0.39 is 0 Å². The number of rotatable bonds is 6. The molecule has 0 saturated carbocycles. The van der Waals surface area contributed by atoms with Crippen LogP contribution in [0, 0.1) is 11.7 Å². The quantitative estimate of drug-likeness (QED) is 0.794. The Labute approximate surface area is 103 Å². The van der Waals surface area contributed by atoms with Crippen LogP contribution in [-0.4, -0.2) is 11.7 Å². The highest BCUT2D eigenvalue weighted by molar-refractivity contribution is 5.34. The number of phenols is 1. The molecule has 1 aromatic carbocycles. The molecule has 0 heterocycles. The maximum Gasteiger partial charge on any atom is 0.123 e. The molecule has 1 rings (SSSR count). The third-order valence-electron chi connectivity index (χ3n) is 3.32. The van der Waals surface area contributed by atoms with Crippen LogP contribution in [0.4, 0.5) is 4.39 Å². The van der Waals surface area contributed by atoms with Gasteiger partial charge in [0.05, 0.1) is 0 Å². The summed E-state index contributed by atoms with van der Waals surface area (Å²) < 4.78 is 13.1. The van der Waals surface area contributed by atoms with Crippen LogP contribution < -0.4 is 5.32 Å². The van der Waals surface area contributed by atoms with Crippen molar-refractivity contribution >= 4 is 0 Å². The molecule has 0 radical (unpaired) electrons. The molecule has 0 fully saturated rings. The molecule has 0 aliphatic heterocycles. The van der Waals surface area contributed by atoms with Gasteiger partial charge in [-0.05, 0) is 37.6 Å². The first-order valence-electron chi connectivity index (χ1n) is 6.30. The van der Waals surface area contributed by atoms with Crippen LogP contribution in [-0.2, 0) is 0 Å². The van der Waals surface area contributed by atoms with Gasteiger partial charge in [0.25, 0.3) is 0 Å². The Morgan fingerprint density at radius 3 is 2.53 bits per heavy atom. The van der Waals surface area contributed by atoms with Crippen molar-refractivity contribution in [2.75, 3.05) is 6.54 Å². The second-order valence-electron chi connectivity index (χ2n) is 4.52. The zero-order valence-corrected chi connectivity index (χ0v) is 10.8. The summed E-state index contributed by atoms with van der Waals surface area (Å²) in [6, 6.07) is 4.03. The predicted octanol–water partition coefficient (Wildman–Crippen LogP) is 3.62. The highest BCUT2D eigenvalue weighted by Crippen LogP contribution is 2.24. The first kappa shape index (κ1) is 14.0. The van der Waals surface area contributed by atoms with E-state index >= 15 is 0 Å². The minimum absolute atomic E-state index is 0.0358. The summed E-state index contributed by atoms with van der Waals surface area (Å²) in [5.74, 6) is 0.470. The van der Waals surface area contributed by atoms with E-state index in [1.807, 2.05) is 6.92 Å². The number of nitrogens with one attached hydrogen (secondary N) is 1. The van der Waals surface area contributed by atoms with Gasteiger partial charge in [-0.3, -0.25) is 0 Å². The van der Waals surface area contributed by atoms with Gasteiger partial charge in [-0.1, -0.05) is 26.7 Å². The van der Waals surface area contributed by atoms with Crippen LogP contribution in [0.15, 0.2) is 18.2 Å². The molecule has 0 aromatic heterocycles. The van der Waals surface area contributed by atoms with Crippen LogP contribution in [0.5, 0.6) is 5.75 Å². The molecule has 2 nitrogen and oxygen atoms in total. The summed E-state index contributed by atoms with van der Waals surface area (Å²) in [7, 11) is 0. The molecule has 0 spiro atoms. The maximum absolute atomic E-state index is 13.1. The lowest BCUT2D eigenvalue weighted by molar-refractivity contribution is 0.408. The number of hydrogen-bond acceptors (Lipinski definition) is 2. The number of benzene rings is 1. The Morgan fingerprint density at radius 2 is 1.94 bits per heavy atom. The topological polar surface area (TPSA) is 32.3 Å². The second kappa shape index (κ2) is 6.60. The fourth-order valence-electron chi connectivity index (χ4n) is 1.90. The maximum atomic E-state index is 13.1. The van der Waals surface area contributed by atoms with Crippen LogP contribution in [0.1, 0.15) is 45.2 Å². The van der Waals surface area contributed by atoms with Crippen molar-refractivity contribution in [3.05, 3.63) is 29.6 Å². The number of hydrogen-bond donors (Lipinski definition) is 2. The fourth-order valence-corrected chi connectivity index (χ4v) is 1.90. The van der Waals surface area contributed by atoms with Crippen molar-refractivity contribution in [3.8, 4) is 5.75 Å². The van der Waals surface area contributed by atoms with Crippen molar-refractivity contribution < 1.29 is 9.50 Å². The Morgan fingerprint density at radius 1 is 1.29 bits per heavy atom. The van der Waals surface area contributed by atoms with Crippen LogP contribution >= 0.6 is 0 Å². The van der Waals surface area contributed by atoms with Gasteiger partial charge in [0.1, 0.15) is 11.6 Å². The largest absolute Gasteiger partial charge is 0.508 e. The van der Waals surface area contributed by atoms with Gasteiger partial charge in [-0.15, -0.1) is 0 Å². The summed E-state index contributed by atoms with van der Waals surface area (Å²) >= 11 is 0. The van der Waals surface area contributed by atoms with Crippen molar-refractivity contribution in [3.63, 3.8) is 0 Å². The number of halogens is 1. The van der Waals surface area contributed by atoms with E-state index in [1.54, 1.807) is 0 Å². The highest BCUT2D eigenvalue weighted by atomic mass is 19.1. The molecule has 0 aliphatic carbocycles. The molecule has 0 saturated heterocycles. The zero-order valence-electron chi connectivity index (χ0n) is 10.8. The van der Waals surface area contributed by atoms with Crippen LogP contribution in [0.25, 0.3) is 0 Å². The molecule has 0 amide bonds. The van der Waals surface area contributed by atoms with Gasteiger partial charge < -0.3 is 10.4 Å². The minimum atomic E-state index is -0.311. The number of aromatic hydroxyl groups is 1. The lowest BCUT2D eigenvalue weighted by Gasteiger charge is -2.19. The van der Waals surface area contributed by atoms with E-state index in [0.29, 0.717) is 11.5 Å². The van der Waals surface area contributed by atoms with E-state index in [1.165, 1.54) is 18.2 Å². The van der Waals surface area contributed by atoms with Crippen molar-refractivity contribution in [1.29, 1.82) is 0 Å². The third kappa shape index (κ3) is 4.00. The summed E-state index contributed by atoms with van der Waals surface area (Å²) in [5.41, 5.74) is 0.621. The summed E-state index contributed by atoms with van der Waals surface area (Å²) in [6.45, 7) is 7.17. The third-order valence-corrected chi connectivity index (χ3v) is 3.32. The lowest BCUT2D eigenvalue weighted by Crippen LogP contribution is -2.25. The Balaban J connectivity index is 2.63. The molecular formula is C14H22FNO. The van der Waals surface area contributed by atoms with Crippen molar-refractivity contribution in [2.24, 2.45) is 5.92 Å². The van der Waals surface area contributed by atoms with E-state index in [2.05, 4.69) is 19.2 Å². The average molecular weight is 239 g/mol. The predicted molar refractivity (Wildman–Crippen MR) is 68.6 cm³/mol. The van der Waals surface area contributed by atoms with Crippen molar-refractivity contribution in [2.45, 2.75) is 39.7 Å². The normalized spacial score (nSPS) is 13.0. The Kier molecular flexibility index (Phi) is 5.42. The lowest BCUT2D eigenvalue weighted by atomic mass is 10.0. The molecule has 17 heavy (non-hydrogen) atoms. The van der Waals surface area contributed by atoms with Gasteiger partial charge in [0.15, 0.2) is 0 Å². The van der Waals surface area contributed by atoms with E-state index in [9.17, 15) is 9.50 Å². The smallest absolute Gasteiger partial charge is 0.123 e. The molecule has 1 aromatic rings. The van der Waals surface area contributed by atoms with Gasteiger partial charge in [0.2, 0.25) is 0 Å². The molecule has 2 N–H and O–H groups in total. The highest BCUT2D eigenvalue weighted by Gasteiger charge is 2.12. The second-order valence-corrected chi connectivity index (χ2v) is 4.52. The zero-order chi connectivity index (χ0) is 12.8. The first-order chi connectivity index (χ1) is 8.08. The molecule has 1 unspecified atom stereocenters. The Bertz CT molecular complexity index is 350. The van der Waals surface area contributed by atoms with Gasteiger partial charge in [-0.25, -0.2) is 4.39 Å². The van der Waals surface area contributed by atoms with Crippen LogP contribution in [0.2, 0.25) is 0 Å². The molecule has 0 aliphatic rings. The molecular weight excluding hydrogens is 217 g/mol. The minimum Gasteiger partial charge on any atom is -0.508 e. The van der Waals surface area contributed by atoms with E-state index in [4.69, 9.17) is 0 Å². The van der Waals surface area contributed by atoms with Gasteiger partial charge in [0, 0.05) is 11.6 Å². The standard InChI is InChI=1S/C14H22FNO/c1-4-11(5-2)9-16-10(3)13-8-12(15)6-7-14(13)17/h6-8,10-11,16-17H,4-5,9H2,1-3H3. The van der Waals surface area contributed by atoms with Crippen molar-refractivity contribution in [1.82, 2.24) is 5.32 Å². The van der Waals surface area contributed by atoms with Crippen LogP contribution in [0.3, 0.4) is 0 Å². The first-order valence-corrected chi connectivity index (χ1v) is 6.30. The summed E-state index contributed by atoms with van der Waals surface area (Å²) in [6.07, 6.45) is 2.26. The number of phenolic OH excluding ortho intramolecular Hbond substituents is 1. The Hall–Kier alpha value is -1.09. The van der Waals surface area contributed by atoms with E-state index in [0.717, 1.165) is 19.4 Å². The SMILES string of the molecule is CCC(CC)CNC(C)c1cc(F)ccc1O. The van der Waals surface area contributed by atoms with Gasteiger partial charge in [-0.2, -0.15) is 0 Å². The molecule has 96 valence electrons. The summed E-state index contributed by atoms with van der Waals surface area (Å²) in [5, 5.41) is 13.0. The monoisotopic (exact) mass is 239 g/mol.